The minimum Gasteiger partial charge on any atom is -0.350 e. The molecule has 9 heteroatoms. The average Bonchev–Trinajstić information content (AvgIpc) is 2.98. The lowest BCUT2D eigenvalue weighted by molar-refractivity contribution is -0.140. The maximum atomic E-state index is 14.5. The van der Waals surface area contributed by atoms with Crippen molar-refractivity contribution in [2.75, 3.05) is 10.8 Å². The molecule has 1 atom stereocenters. The SMILES string of the molecule is Cc1ccc(S(=O)(=O)N(CC(=O)N(Cc2ccccc2Cl)[C@@H](Cc2ccccc2)C(=O)NC(C)(C)C)c2ccccc2)cc1. The molecule has 0 saturated carbocycles. The summed E-state index contributed by atoms with van der Waals surface area (Å²) in [6.07, 6.45) is 0.217. The van der Waals surface area contributed by atoms with Crippen molar-refractivity contribution in [1.29, 1.82) is 0 Å². The zero-order valence-corrected chi connectivity index (χ0v) is 27.0. The number of carbonyl (C=O) groups excluding carboxylic acids is 2. The smallest absolute Gasteiger partial charge is 0.264 e. The fraction of sp³-hybridized carbons (Fsp3) is 0.257. The molecule has 1 N–H and O–H groups in total. The summed E-state index contributed by atoms with van der Waals surface area (Å²) in [5.74, 6) is -0.899. The van der Waals surface area contributed by atoms with Crippen LogP contribution in [0.5, 0.6) is 0 Å². The molecule has 4 rings (SSSR count). The normalized spacial score (nSPS) is 12.3. The Kier molecular flexibility index (Phi) is 10.5. The number of nitrogens with one attached hydrogen (secondary N) is 1. The monoisotopic (exact) mass is 631 g/mol. The number of carbonyl (C=O) groups is 2. The summed E-state index contributed by atoms with van der Waals surface area (Å²) in [5, 5.41) is 3.46. The van der Waals surface area contributed by atoms with E-state index in [2.05, 4.69) is 5.32 Å². The molecule has 0 radical (unpaired) electrons. The zero-order chi connectivity index (χ0) is 31.9. The fourth-order valence-corrected chi connectivity index (χ4v) is 6.39. The number of hydrogen-bond donors (Lipinski definition) is 1. The van der Waals surface area contributed by atoms with Crippen LogP contribution in [0.3, 0.4) is 0 Å². The number of amides is 2. The van der Waals surface area contributed by atoms with Crippen molar-refractivity contribution in [3.63, 3.8) is 0 Å². The van der Waals surface area contributed by atoms with Gasteiger partial charge in [-0.15, -0.1) is 0 Å². The summed E-state index contributed by atoms with van der Waals surface area (Å²) >= 11 is 6.55. The number of halogens is 1. The Labute approximate surface area is 265 Å². The summed E-state index contributed by atoms with van der Waals surface area (Å²) in [6, 6.07) is 30.6. The molecule has 0 saturated heterocycles. The minimum absolute atomic E-state index is 0.000773. The van der Waals surface area contributed by atoms with Crippen molar-refractivity contribution in [2.24, 2.45) is 0 Å². The van der Waals surface area contributed by atoms with E-state index in [1.165, 1.54) is 17.0 Å². The van der Waals surface area contributed by atoms with Crippen LogP contribution < -0.4 is 9.62 Å². The maximum absolute atomic E-state index is 14.5. The maximum Gasteiger partial charge on any atom is 0.264 e. The summed E-state index contributed by atoms with van der Waals surface area (Å²) < 4.78 is 29.2. The largest absolute Gasteiger partial charge is 0.350 e. The van der Waals surface area contributed by atoms with E-state index < -0.39 is 34.1 Å². The summed E-state index contributed by atoms with van der Waals surface area (Å²) in [6.45, 7) is 6.96. The number of hydrogen-bond acceptors (Lipinski definition) is 4. The Bertz CT molecular complexity index is 1670. The zero-order valence-electron chi connectivity index (χ0n) is 25.4. The first-order chi connectivity index (χ1) is 20.8. The van der Waals surface area contributed by atoms with E-state index in [1.807, 2.05) is 64.1 Å². The van der Waals surface area contributed by atoms with Gasteiger partial charge in [-0.3, -0.25) is 13.9 Å². The molecular formula is C35H38ClN3O4S. The second-order valence-electron chi connectivity index (χ2n) is 11.7. The standard InChI is InChI=1S/C35H38ClN3O4S/c1-26-19-21-30(22-20-26)44(42,43)39(29-16-9-6-10-17-29)25-33(40)38(24-28-15-11-12-18-31(28)36)32(34(41)37-35(2,3)4)23-27-13-7-5-8-14-27/h5-22,32H,23-25H2,1-4H3,(H,37,41)/t32-/m0/s1. The fourth-order valence-electron chi connectivity index (χ4n) is 4.78. The minimum atomic E-state index is -4.15. The lowest BCUT2D eigenvalue weighted by Gasteiger charge is -2.35. The molecule has 230 valence electrons. The number of aryl methyl sites for hydroxylation is 1. The molecule has 0 heterocycles. The van der Waals surface area contributed by atoms with Gasteiger partial charge >= 0.3 is 0 Å². The number of rotatable bonds is 11. The van der Waals surface area contributed by atoms with Gasteiger partial charge in [-0.05, 0) is 69.2 Å². The molecule has 7 nitrogen and oxygen atoms in total. The quantitative estimate of drug-likeness (QED) is 0.208. The Morgan fingerprint density at radius 2 is 1.39 bits per heavy atom. The number of anilines is 1. The predicted molar refractivity (Wildman–Crippen MR) is 176 cm³/mol. The predicted octanol–water partition coefficient (Wildman–Crippen LogP) is 6.40. The van der Waals surface area contributed by atoms with Crippen LogP contribution in [-0.2, 0) is 32.6 Å². The molecule has 0 aliphatic rings. The Balaban J connectivity index is 1.81. The Hall–Kier alpha value is -4.14. The van der Waals surface area contributed by atoms with Gasteiger partial charge in [0.1, 0.15) is 12.6 Å². The summed E-state index contributed by atoms with van der Waals surface area (Å²) in [4.78, 5) is 29.9. The van der Waals surface area contributed by atoms with Gasteiger partial charge in [-0.25, -0.2) is 8.42 Å². The van der Waals surface area contributed by atoms with Crippen LogP contribution in [0.1, 0.15) is 37.5 Å². The molecule has 0 bridgehead atoms. The molecule has 0 unspecified atom stereocenters. The number of para-hydroxylation sites is 1. The van der Waals surface area contributed by atoms with E-state index in [9.17, 15) is 18.0 Å². The highest BCUT2D eigenvalue weighted by molar-refractivity contribution is 7.92. The van der Waals surface area contributed by atoms with Crippen LogP contribution >= 0.6 is 11.6 Å². The highest BCUT2D eigenvalue weighted by Gasteiger charge is 2.35. The van der Waals surface area contributed by atoms with Crippen LogP contribution in [0.4, 0.5) is 5.69 Å². The van der Waals surface area contributed by atoms with Gasteiger partial charge in [-0.1, -0.05) is 96.0 Å². The first-order valence-corrected chi connectivity index (χ1v) is 16.2. The molecule has 4 aromatic rings. The third kappa shape index (κ3) is 8.49. The topological polar surface area (TPSA) is 86.8 Å². The van der Waals surface area contributed by atoms with E-state index in [-0.39, 0.29) is 23.8 Å². The van der Waals surface area contributed by atoms with Crippen LogP contribution in [-0.4, -0.2) is 43.3 Å². The van der Waals surface area contributed by atoms with Gasteiger partial charge in [0.15, 0.2) is 0 Å². The van der Waals surface area contributed by atoms with Crippen LogP contribution in [0.15, 0.2) is 114 Å². The molecule has 4 aromatic carbocycles. The molecule has 0 aromatic heterocycles. The van der Waals surface area contributed by atoms with E-state index in [0.717, 1.165) is 15.4 Å². The Morgan fingerprint density at radius 3 is 1.98 bits per heavy atom. The highest BCUT2D eigenvalue weighted by atomic mass is 35.5. The average molecular weight is 632 g/mol. The summed E-state index contributed by atoms with van der Waals surface area (Å²) in [7, 11) is -4.15. The van der Waals surface area contributed by atoms with Crippen molar-refractivity contribution >= 4 is 39.1 Å². The lowest BCUT2D eigenvalue weighted by Crippen LogP contribution is -2.56. The van der Waals surface area contributed by atoms with E-state index >= 15 is 0 Å². The molecule has 0 fully saturated rings. The van der Waals surface area contributed by atoms with E-state index in [4.69, 9.17) is 11.6 Å². The number of benzene rings is 4. The van der Waals surface area contributed by atoms with Crippen molar-refractivity contribution < 1.29 is 18.0 Å². The number of sulfonamides is 1. The van der Waals surface area contributed by atoms with Gasteiger partial charge in [0.05, 0.1) is 10.6 Å². The van der Waals surface area contributed by atoms with Crippen LogP contribution in [0, 0.1) is 6.92 Å². The number of nitrogens with zero attached hydrogens (tertiary/aromatic N) is 2. The Morgan fingerprint density at radius 1 is 0.818 bits per heavy atom. The van der Waals surface area contributed by atoms with Gasteiger partial charge < -0.3 is 10.2 Å². The van der Waals surface area contributed by atoms with Crippen LogP contribution in [0.2, 0.25) is 5.02 Å². The van der Waals surface area contributed by atoms with Crippen LogP contribution in [0.25, 0.3) is 0 Å². The van der Waals surface area contributed by atoms with Crippen molar-refractivity contribution in [3.05, 3.63) is 131 Å². The van der Waals surface area contributed by atoms with Crippen molar-refractivity contribution in [1.82, 2.24) is 10.2 Å². The molecule has 44 heavy (non-hydrogen) atoms. The lowest BCUT2D eigenvalue weighted by atomic mass is 10.0. The molecule has 0 spiro atoms. The third-order valence-corrected chi connectivity index (χ3v) is 9.16. The molecular weight excluding hydrogens is 594 g/mol. The van der Waals surface area contributed by atoms with E-state index in [1.54, 1.807) is 60.7 Å². The summed E-state index contributed by atoms with van der Waals surface area (Å²) in [5.41, 5.74) is 2.15. The first-order valence-electron chi connectivity index (χ1n) is 14.4. The van der Waals surface area contributed by atoms with Crippen molar-refractivity contribution in [3.8, 4) is 0 Å². The second kappa shape index (κ2) is 14.1. The van der Waals surface area contributed by atoms with Gasteiger partial charge in [0.25, 0.3) is 10.0 Å². The molecule has 0 aliphatic heterocycles. The van der Waals surface area contributed by atoms with Crippen molar-refractivity contribution in [2.45, 2.75) is 57.1 Å². The van der Waals surface area contributed by atoms with E-state index in [0.29, 0.717) is 16.3 Å². The highest BCUT2D eigenvalue weighted by Crippen LogP contribution is 2.26. The van der Waals surface area contributed by atoms with Gasteiger partial charge in [0.2, 0.25) is 11.8 Å². The van der Waals surface area contributed by atoms with Gasteiger partial charge in [0, 0.05) is 23.5 Å². The van der Waals surface area contributed by atoms with Gasteiger partial charge in [-0.2, -0.15) is 0 Å². The molecule has 0 aliphatic carbocycles. The molecule has 2 amide bonds. The third-order valence-electron chi connectivity index (χ3n) is 7.00. The first kappa shape index (κ1) is 32.8. The second-order valence-corrected chi connectivity index (χ2v) is 14.0.